The average Bonchev–Trinajstić information content (AvgIpc) is 2.86. The lowest BCUT2D eigenvalue weighted by molar-refractivity contribution is -0.124. The molecule has 1 aliphatic heterocycles. The first-order chi connectivity index (χ1) is 13.7. The Balaban J connectivity index is 1.65. The summed E-state index contributed by atoms with van der Waals surface area (Å²) in [4.78, 5) is 25.0. The molecule has 9 heteroatoms. The van der Waals surface area contributed by atoms with E-state index < -0.39 is 15.8 Å². The van der Waals surface area contributed by atoms with Gasteiger partial charge in [0.2, 0.25) is 11.8 Å². The molecule has 29 heavy (non-hydrogen) atoms. The summed E-state index contributed by atoms with van der Waals surface area (Å²) < 4.78 is 25.6. The zero-order valence-electron chi connectivity index (χ0n) is 15.8. The summed E-state index contributed by atoms with van der Waals surface area (Å²) in [6.07, 6.45) is 0.381. The van der Waals surface area contributed by atoms with E-state index in [1.54, 1.807) is 37.3 Å². The van der Waals surface area contributed by atoms with Crippen LogP contribution in [0.2, 0.25) is 5.02 Å². The van der Waals surface area contributed by atoms with E-state index in [9.17, 15) is 18.0 Å². The van der Waals surface area contributed by atoms with Gasteiger partial charge in [-0.1, -0.05) is 30.7 Å². The van der Waals surface area contributed by atoms with Crippen molar-refractivity contribution in [2.45, 2.75) is 29.7 Å². The van der Waals surface area contributed by atoms with Gasteiger partial charge >= 0.3 is 0 Å². The number of hydrogen-bond acceptors (Lipinski definition) is 5. The maximum absolute atomic E-state index is 12.8. The molecule has 0 aromatic heterocycles. The topological polar surface area (TPSA) is 92.3 Å². The van der Waals surface area contributed by atoms with E-state index in [0.717, 1.165) is 10.5 Å². The minimum Gasteiger partial charge on any atom is -0.352 e. The van der Waals surface area contributed by atoms with Gasteiger partial charge in [-0.3, -0.25) is 9.59 Å². The molecule has 154 valence electrons. The number of thioether (sulfide) groups is 1. The van der Waals surface area contributed by atoms with Crippen molar-refractivity contribution in [2.24, 2.45) is 5.92 Å². The summed E-state index contributed by atoms with van der Waals surface area (Å²) in [6, 6.07) is 11.7. The van der Waals surface area contributed by atoms with Gasteiger partial charge in [-0.15, -0.1) is 11.8 Å². The van der Waals surface area contributed by atoms with Gasteiger partial charge in [-0.25, -0.2) is 8.42 Å². The van der Waals surface area contributed by atoms with E-state index in [0.29, 0.717) is 29.4 Å². The van der Waals surface area contributed by atoms with E-state index in [4.69, 9.17) is 11.6 Å². The molecular weight excluding hydrogens is 432 g/mol. The number of halogens is 1. The number of fused-ring (bicyclic) bond motifs is 1. The first-order valence-corrected chi connectivity index (χ1v) is 12.1. The maximum Gasteiger partial charge on any atom is 0.225 e. The third-order valence-electron chi connectivity index (χ3n) is 4.47. The van der Waals surface area contributed by atoms with Gasteiger partial charge in [0.1, 0.15) is 0 Å². The molecule has 2 N–H and O–H groups in total. The number of carbonyl (C=O) groups excluding carboxylic acids is 2. The minimum atomic E-state index is -3.69. The third kappa shape index (κ3) is 5.74. The summed E-state index contributed by atoms with van der Waals surface area (Å²) >= 11 is 7.34. The number of sulfone groups is 1. The maximum atomic E-state index is 12.8. The van der Waals surface area contributed by atoms with Crippen LogP contribution in [-0.2, 0) is 26.0 Å². The summed E-state index contributed by atoms with van der Waals surface area (Å²) in [6.45, 7) is 1.87. The van der Waals surface area contributed by atoms with Crippen LogP contribution in [0.5, 0.6) is 0 Å². The van der Waals surface area contributed by atoms with Crippen molar-refractivity contribution < 1.29 is 18.0 Å². The number of anilines is 1. The first-order valence-electron chi connectivity index (χ1n) is 9.06. The Bertz CT molecular complexity index is 1020. The van der Waals surface area contributed by atoms with E-state index in [1.807, 2.05) is 0 Å². The van der Waals surface area contributed by atoms with Crippen LogP contribution in [0.25, 0.3) is 0 Å². The molecule has 6 nitrogen and oxygen atoms in total. The van der Waals surface area contributed by atoms with Crippen molar-refractivity contribution in [3.8, 4) is 0 Å². The highest BCUT2D eigenvalue weighted by Gasteiger charge is 2.25. The molecule has 0 spiro atoms. The molecule has 0 bridgehead atoms. The Kier molecular flexibility index (Phi) is 6.87. The van der Waals surface area contributed by atoms with E-state index in [-0.39, 0.29) is 22.5 Å². The monoisotopic (exact) mass is 452 g/mol. The summed E-state index contributed by atoms with van der Waals surface area (Å²) in [5.41, 5.74) is 1.37. The molecule has 0 aliphatic carbocycles. The second-order valence-corrected chi connectivity index (χ2v) is 10.4. The molecule has 1 heterocycles. The van der Waals surface area contributed by atoms with Crippen LogP contribution in [-0.4, -0.2) is 31.7 Å². The predicted molar refractivity (Wildman–Crippen MR) is 115 cm³/mol. The second-order valence-electron chi connectivity index (χ2n) is 6.83. The quantitative estimate of drug-likeness (QED) is 0.699. The van der Waals surface area contributed by atoms with Gasteiger partial charge < -0.3 is 10.6 Å². The number of amides is 2. The fourth-order valence-electron chi connectivity index (χ4n) is 2.86. The number of carbonyl (C=O) groups is 2. The normalized spacial score (nSPS) is 15.0. The van der Waals surface area contributed by atoms with Gasteiger partial charge in [0.25, 0.3) is 0 Å². The largest absolute Gasteiger partial charge is 0.352 e. The van der Waals surface area contributed by atoms with E-state index in [2.05, 4.69) is 10.6 Å². The number of rotatable bonds is 6. The van der Waals surface area contributed by atoms with Crippen molar-refractivity contribution in [1.29, 1.82) is 0 Å². The van der Waals surface area contributed by atoms with Crippen LogP contribution < -0.4 is 10.6 Å². The molecular formula is C20H21ClN2O4S2. The highest BCUT2D eigenvalue weighted by molar-refractivity contribution is 7.99. The third-order valence-corrected chi connectivity index (χ3v) is 7.71. The van der Waals surface area contributed by atoms with Crippen molar-refractivity contribution in [3.63, 3.8) is 0 Å². The van der Waals surface area contributed by atoms with Gasteiger partial charge in [0, 0.05) is 34.6 Å². The molecule has 2 aromatic carbocycles. The lowest BCUT2D eigenvalue weighted by Crippen LogP contribution is -2.32. The summed E-state index contributed by atoms with van der Waals surface area (Å²) in [5, 5.41) is 6.10. The van der Waals surface area contributed by atoms with Gasteiger partial charge in [-0.2, -0.15) is 0 Å². The molecule has 2 amide bonds. The van der Waals surface area contributed by atoms with Crippen molar-refractivity contribution >= 4 is 50.7 Å². The molecule has 0 fully saturated rings. The Morgan fingerprint density at radius 2 is 1.97 bits per heavy atom. The summed E-state index contributed by atoms with van der Waals surface area (Å²) in [7, 11) is -3.69. The smallest absolute Gasteiger partial charge is 0.225 e. The number of benzene rings is 2. The highest BCUT2D eigenvalue weighted by Crippen LogP contribution is 2.33. The Hall–Kier alpha value is -2.03. The molecule has 2 aromatic rings. The van der Waals surface area contributed by atoms with Gasteiger partial charge in [-0.05, 0) is 35.9 Å². The van der Waals surface area contributed by atoms with Crippen LogP contribution in [0, 0.1) is 5.92 Å². The lowest BCUT2D eigenvalue weighted by Gasteiger charge is -2.14. The molecule has 0 unspecified atom stereocenters. The minimum absolute atomic E-state index is 0.0939. The second kappa shape index (κ2) is 9.19. The molecule has 0 radical (unpaired) electrons. The molecule has 1 atom stereocenters. The fraction of sp³-hybridized carbons (Fsp3) is 0.300. The fourth-order valence-corrected chi connectivity index (χ4v) is 5.50. The number of hydrogen-bond donors (Lipinski definition) is 2. The standard InChI is InChI=1S/C20H21ClN2O4S2/c1-13(20(25)22-11-14-2-4-15(21)5-3-14)12-29(26,27)16-6-7-18-17(10-16)23-19(24)8-9-28-18/h2-7,10,13H,8-9,11-12H2,1H3,(H,22,25)(H,23,24)/t13-/m1/s1. The first kappa shape index (κ1) is 21.7. The molecule has 3 rings (SSSR count). The Morgan fingerprint density at radius 1 is 1.24 bits per heavy atom. The van der Waals surface area contributed by atoms with Crippen LogP contribution >= 0.6 is 23.4 Å². The molecule has 0 saturated heterocycles. The van der Waals surface area contributed by atoms with Crippen LogP contribution in [0.3, 0.4) is 0 Å². The van der Waals surface area contributed by atoms with Crippen molar-refractivity contribution in [1.82, 2.24) is 5.32 Å². The zero-order valence-corrected chi connectivity index (χ0v) is 18.2. The zero-order chi connectivity index (χ0) is 21.0. The lowest BCUT2D eigenvalue weighted by atomic mass is 10.2. The predicted octanol–water partition coefficient (Wildman–Crippen LogP) is 3.50. The van der Waals surface area contributed by atoms with E-state index >= 15 is 0 Å². The summed E-state index contributed by atoms with van der Waals surface area (Å²) in [5.74, 6) is -0.882. The van der Waals surface area contributed by atoms with Crippen molar-refractivity contribution in [2.75, 3.05) is 16.8 Å². The van der Waals surface area contributed by atoms with Crippen LogP contribution in [0.1, 0.15) is 18.9 Å². The SMILES string of the molecule is C[C@H](CS(=O)(=O)c1ccc2c(c1)NC(=O)CCS2)C(=O)NCc1ccc(Cl)cc1. The van der Waals surface area contributed by atoms with Gasteiger partial charge in [0.05, 0.1) is 16.3 Å². The highest BCUT2D eigenvalue weighted by atomic mass is 35.5. The average molecular weight is 453 g/mol. The Labute approximate surface area is 179 Å². The van der Waals surface area contributed by atoms with Crippen molar-refractivity contribution in [3.05, 3.63) is 53.1 Å². The Morgan fingerprint density at radius 3 is 2.69 bits per heavy atom. The van der Waals surface area contributed by atoms with Crippen LogP contribution in [0.15, 0.2) is 52.3 Å². The number of nitrogens with one attached hydrogen (secondary N) is 2. The van der Waals surface area contributed by atoms with Crippen LogP contribution in [0.4, 0.5) is 5.69 Å². The molecule has 0 saturated carbocycles. The van der Waals surface area contributed by atoms with E-state index in [1.165, 1.54) is 23.9 Å². The molecule has 1 aliphatic rings. The van der Waals surface area contributed by atoms with Gasteiger partial charge in [0.15, 0.2) is 9.84 Å².